The number of benzene rings is 4. The molecule has 0 aliphatic carbocycles. The van der Waals surface area contributed by atoms with Crippen LogP contribution in [0.3, 0.4) is 0 Å². The molecule has 3 N–H and O–H groups in total. The number of aromatic carboxylic acids is 1. The lowest BCUT2D eigenvalue weighted by atomic mass is 10.1. The number of carbonyl (C=O) groups excluding carboxylic acids is 9. The zero-order chi connectivity index (χ0) is 51.2. The summed E-state index contributed by atoms with van der Waals surface area (Å²) in [5.74, 6) is -7.24. The minimum Gasteiger partial charge on any atom is -0.481 e. The number of rotatable bonds is 15. The zero-order valence-electron chi connectivity index (χ0n) is 37.7. The Balaban J connectivity index is 0.000000383. The van der Waals surface area contributed by atoms with Crippen LogP contribution in [0.15, 0.2) is 72.8 Å². The van der Waals surface area contributed by atoms with Gasteiger partial charge in [-0.25, -0.2) is 4.79 Å². The molecule has 0 unspecified atom stereocenters. The molecule has 0 spiro atoms. The van der Waals surface area contributed by atoms with Gasteiger partial charge in [0.1, 0.15) is 0 Å². The fourth-order valence-electron chi connectivity index (χ4n) is 5.15. The molecule has 0 aromatic heterocycles. The Morgan fingerprint density at radius 2 is 0.676 bits per heavy atom. The van der Waals surface area contributed by atoms with Gasteiger partial charge in [0.05, 0.1) is 12.0 Å². The second-order valence-electron chi connectivity index (χ2n) is 13.5. The largest absolute Gasteiger partial charge is 0.481 e. The number of amides is 1. The molecule has 68 heavy (non-hydrogen) atoms. The lowest BCUT2D eigenvalue weighted by Crippen LogP contribution is -2.25. The van der Waals surface area contributed by atoms with Gasteiger partial charge in [0.15, 0.2) is 46.0 Å². The van der Waals surface area contributed by atoms with Crippen LogP contribution < -0.4 is 43.2 Å². The minimum atomic E-state index is -1.17. The number of ether oxygens (including phenoxy) is 8. The number of aliphatic carboxylic acids is 1. The maximum Gasteiger partial charge on any atom is 0.335 e. The number of esters is 8. The number of carbonyl (C=O) groups is 11. The van der Waals surface area contributed by atoms with E-state index in [9.17, 15) is 52.7 Å². The molecule has 1 amide bonds. The first-order valence-corrected chi connectivity index (χ1v) is 19.6. The van der Waals surface area contributed by atoms with Gasteiger partial charge >= 0.3 is 59.7 Å². The summed E-state index contributed by atoms with van der Waals surface area (Å²) >= 11 is 0. The number of carboxylic acids is 2. The van der Waals surface area contributed by atoms with Crippen LogP contribution in [0.4, 0.5) is 0 Å². The fraction of sp³-hybridized carbons (Fsp3) is 0.239. The highest BCUT2D eigenvalue weighted by molar-refractivity contribution is 5.95. The van der Waals surface area contributed by atoms with Crippen molar-refractivity contribution in [2.75, 3.05) is 6.54 Å². The summed E-state index contributed by atoms with van der Waals surface area (Å²) in [5, 5.41) is 20.1. The van der Waals surface area contributed by atoms with Gasteiger partial charge in [-0.2, -0.15) is 0 Å². The molecule has 4 rings (SSSR count). The Morgan fingerprint density at radius 1 is 0.382 bits per heavy atom. The highest BCUT2D eigenvalue weighted by Gasteiger charge is 2.17. The van der Waals surface area contributed by atoms with Crippen LogP contribution >= 0.6 is 0 Å². The lowest BCUT2D eigenvalue weighted by molar-refractivity contribution is -0.136. The molecule has 4 aromatic rings. The van der Waals surface area contributed by atoms with Gasteiger partial charge in [0, 0.05) is 67.5 Å². The van der Waals surface area contributed by atoms with Gasteiger partial charge in [-0.3, -0.25) is 47.9 Å². The Morgan fingerprint density at radius 3 is 1.03 bits per heavy atom. The van der Waals surface area contributed by atoms with Crippen LogP contribution in [0.5, 0.6) is 46.0 Å². The van der Waals surface area contributed by atoms with E-state index in [4.69, 9.17) is 48.1 Å². The standard InChI is InChI=1S/C23H23NO9.C12H12O6.C11H10O6/c1-13(25)30-19-7-5-17(11-21(19)32-15(3)27)9-10-24-23(29)18-6-8-20(31-14(2)26)22(12-18)33-16(4)28;1-7(13)17-10-4-3-9(6-12(15)16)5-11(10)18-8(2)14;1-6(12)16-9-4-3-8(11(14)15)5-10(9)17-7(2)13/h5-8,11-12H,9-10H2,1-4H3,(H,24,29);3-5H,6H2,1-2H3,(H,15,16);3-5H,1-2H3,(H,14,15). The molecule has 0 saturated heterocycles. The van der Waals surface area contributed by atoms with E-state index in [-0.39, 0.29) is 70.1 Å². The number of hydrogen-bond donors (Lipinski definition) is 3. The average Bonchev–Trinajstić information content (AvgIpc) is 3.20. The Bertz CT molecular complexity index is 2600. The maximum absolute atomic E-state index is 12.5. The van der Waals surface area contributed by atoms with Crippen molar-refractivity contribution in [1.82, 2.24) is 5.32 Å². The number of nitrogens with one attached hydrogen (secondary N) is 1. The molecular formula is C46H45NO21. The van der Waals surface area contributed by atoms with Crippen LogP contribution in [0.2, 0.25) is 0 Å². The molecule has 0 aliphatic heterocycles. The summed E-state index contributed by atoms with van der Waals surface area (Å²) in [6, 6.07) is 16.6. The molecule has 22 nitrogen and oxygen atoms in total. The summed E-state index contributed by atoms with van der Waals surface area (Å²) in [7, 11) is 0. The normalized spacial score (nSPS) is 9.82. The molecule has 22 heteroatoms. The van der Waals surface area contributed by atoms with Gasteiger partial charge in [0.25, 0.3) is 5.91 Å². The lowest BCUT2D eigenvalue weighted by Gasteiger charge is -2.12. The summed E-state index contributed by atoms with van der Waals surface area (Å²) in [5.41, 5.74) is 1.27. The van der Waals surface area contributed by atoms with E-state index in [1.54, 1.807) is 12.1 Å². The summed E-state index contributed by atoms with van der Waals surface area (Å²) < 4.78 is 39.3. The molecule has 0 fully saturated rings. The second kappa shape index (κ2) is 26.7. The van der Waals surface area contributed by atoms with Crippen molar-refractivity contribution in [1.29, 1.82) is 0 Å². The maximum atomic E-state index is 12.5. The van der Waals surface area contributed by atoms with E-state index < -0.39 is 65.6 Å². The first-order chi connectivity index (χ1) is 31.8. The summed E-state index contributed by atoms with van der Waals surface area (Å²) in [6.07, 6.45) is 0.164. The van der Waals surface area contributed by atoms with Gasteiger partial charge in [0.2, 0.25) is 0 Å². The summed E-state index contributed by atoms with van der Waals surface area (Å²) in [6.45, 7) is 9.80. The van der Waals surface area contributed by atoms with Crippen molar-refractivity contribution < 1.29 is 101 Å². The van der Waals surface area contributed by atoms with E-state index in [1.165, 1.54) is 103 Å². The van der Waals surface area contributed by atoms with Gasteiger partial charge in [-0.05, 0) is 78.2 Å². The highest BCUT2D eigenvalue weighted by atomic mass is 16.6. The first kappa shape index (κ1) is 55.2. The van der Waals surface area contributed by atoms with Crippen LogP contribution in [-0.2, 0) is 56.0 Å². The Kier molecular flexibility index (Phi) is 21.7. The molecule has 360 valence electrons. The quantitative estimate of drug-likeness (QED) is 0.107. The van der Waals surface area contributed by atoms with Gasteiger partial charge in [-0.15, -0.1) is 0 Å². The molecule has 0 atom stereocenters. The molecule has 4 aromatic carbocycles. The highest BCUT2D eigenvalue weighted by Crippen LogP contribution is 2.32. The third-order valence-corrected chi connectivity index (χ3v) is 7.50. The molecule has 0 radical (unpaired) electrons. The molecule has 0 bridgehead atoms. The predicted molar refractivity (Wildman–Crippen MR) is 231 cm³/mol. The van der Waals surface area contributed by atoms with E-state index in [2.05, 4.69) is 5.32 Å². The van der Waals surface area contributed by atoms with Gasteiger partial charge < -0.3 is 53.4 Å². The molecular weight excluding hydrogens is 902 g/mol. The van der Waals surface area contributed by atoms with Crippen molar-refractivity contribution in [3.05, 3.63) is 95.1 Å². The van der Waals surface area contributed by atoms with Crippen molar-refractivity contribution in [2.45, 2.75) is 68.2 Å². The molecule has 0 aliphatic rings. The Labute approximate surface area is 386 Å². The first-order valence-electron chi connectivity index (χ1n) is 19.6. The molecule has 0 saturated carbocycles. The number of hydrogen-bond acceptors (Lipinski definition) is 19. The van der Waals surface area contributed by atoms with E-state index in [0.717, 1.165) is 13.0 Å². The smallest absolute Gasteiger partial charge is 0.335 e. The van der Waals surface area contributed by atoms with E-state index >= 15 is 0 Å². The average molecular weight is 948 g/mol. The summed E-state index contributed by atoms with van der Waals surface area (Å²) in [4.78, 5) is 122. The van der Waals surface area contributed by atoms with Crippen LogP contribution in [0.25, 0.3) is 0 Å². The zero-order valence-corrected chi connectivity index (χ0v) is 37.7. The minimum absolute atomic E-state index is 0.00213. The Hall–Kier alpha value is -8.95. The predicted octanol–water partition coefficient (Wildman–Crippen LogP) is 4.76. The van der Waals surface area contributed by atoms with Crippen molar-refractivity contribution >= 4 is 65.6 Å². The fourth-order valence-corrected chi connectivity index (χ4v) is 5.15. The molecule has 0 heterocycles. The van der Waals surface area contributed by atoms with E-state index in [1.807, 2.05) is 0 Å². The van der Waals surface area contributed by atoms with Crippen molar-refractivity contribution in [3.63, 3.8) is 0 Å². The van der Waals surface area contributed by atoms with Crippen LogP contribution in [-0.4, -0.2) is 82.4 Å². The van der Waals surface area contributed by atoms with Crippen LogP contribution in [0.1, 0.15) is 87.2 Å². The van der Waals surface area contributed by atoms with Crippen molar-refractivity contribution in [2.24, 2.45) is 0 Å². The third kappa shape index (κ3) is 20.7. The topological polar surface area (TPSA) is 314 Å². The SMILES string of the molecule is CC(=O)Oc1ccc(C(=O)O)cc1OC(C)=O.CC(=O)Oc1ccc(CC(=O)O)cc1OC(C)=O.CC(=O)Oc1ccc(CCNC(=O)c2ccc(OC(C)=O)c(OC(C)=O)c2)cc1OC(C)=O. The monoisotopic (exact) mass is 947 g/mol. The second-order valence-corrected chi connectivity index (χ2v) is 13.5. The van der Waals surface area contributed by atoms with Crippen LogP contribution in [0, 0.1) is 0 Å². The van der Waals surface area contributed by atoms with Crippen molar-refractivity contribution in [3.8, 4) is 46.0 Å². The van der Waals surface area contributed by atoms with Gasteiger partial charge in [-0.1, -0.05) is 12.1 Å². The number of carboxylic acid groups (broad SMARTS) is 2. The third-order valence-electron chi connectivity index (χ3n) is 7.50. The van der Waals surface area contributed by atoms with E-state index in [0.29, 0.717) is 17.5 Å².